The van der Waals surface area contributed by atoms with E-state index in [0.29, 0.717) is 11.3 Å². The molecule has 1 aliphatic rings. The first-order valence-electron chi connectivity index (χ1n) is 6.33. The molecular weight excluding hydrogens is 246 g/mol. The highest BCUT2D eigenvalue weighted by atomic mass is 32.2. The van der Waals surface area contributed by atoms with Crippen LogP contribution in [-0.4, -0.2) is 30.1 Å². The van der Waals surface area contributed by atoms with E-state index >= 15 is 0 Å². The number of guanidine groups is 1. The molecule has 0 bridgehead atoms. The average Bonchev–Trinajstić information content (AvgIpc) is 3.01. The Bertz CT molecular complexity index is 383. The van der Waals surface area contributed by atoms with Gasteiger partial charge in [-0.2, -0.15) is 11.8 Å². The quantitative estimate of drug-likeness (QED) is 0.649. The van der Waals surface area contributed by atoms with Crippen molar-refractivity contribution in [1.82, 2.24) is 10.6 Å². The number of thioether (sulfide) groups is 1. The summed E-state index contributed by atoms with van der Waals surface area (Å²) in [5.41, 5.74) is 0. The van der Waals surface area contributed by atoms with E-state index in [0.717, 1.165) is 18.3 Å². The Hall–Kier alpha value is -1.10. The molecule has 1 unspecified atom stereocenters. The van der Waals surface area contributed by atoms with Gasteiger partial charge in [0.25, 0.3) is 0 Å². The molecule has 2 N–H and O–H groups in total. The van der Waals surface area contributed by atoms with Gasteiger partial charge in [-0.25, -0.2) is 0 Å². The molecule has 0 spiro atoms. The monoisotopic (exact) mass is 267 g/mol. The first-order chi connectivity index (χ1) is 8.72. The van der Waals surface area contributed by atoms with Gasteiger partial charge in [0, 0.05) is 18.3 Å². The fourth-order valence-electron chi connectivity index (χ4n) is 2.05. The van der Waals surface area contributed by atoms with Gasteiger partial charge in [0.05, 0.1) is 12.8 Å². The molecule has 18 heavy (non-hydrogen) atoms. The zero-order valence-corrected chi connectivity index (χ0v) is 11.8. The normalized spacial score (nSPS) is 24.2. The second-order valence-corrected chi connectivity index (χ2v) is 6.44. The Kier molecular flexibility index (Phi) is 4.58. The summed E-state index contributed by atoms with van der Waals surface area (Å²) in [6.45, 7) is 3.93. The number of aliphatic imine (C=N–C) groups is 1. The summed E-state index contributed by atoms with van der Waals surface area (Å²) < 4.78 is 5.63. The van der Waals surface area contributed by atoms with Gasteiger partial charge in [-0.1, -0.05) is 0 Å². The van der Waals surface area contributed by atoms with Crippen LogP contribution in [0.25, 0.3) is 0 Å². The third-order valence-corrected chi connectivity index (χ3v) is 4.70. The van der Waals surface area contributed by atoms with E-state index in [-0.39, 0.29) is 0 Å². The molecule has 4 nitrogen and oxygen atoms in total. The van der Waals surface area contributed by atoms with Crippen molar-refractivity contribution in [2.45, 2.75) is 31.1 Å². The second kappa shape index (κ2) is 6.18. The van der Waals surface area contributed by atoms with E-state index in [1.165, 1.54) is 18.6 Å². The van der Waals surface area contributed by atoms with Crippen molar-refractivity contribution in [3.05, 3.63) is 24.2 Å². The zero-order valence-electron chi connectivity index (χ0n) is 11.0. The molecule has 2 heterocycles. The van der Waals surface area contributed by atoms with Gasteiger partial charge < -0.3 is 15.1 Å². The maximum atomic E-state index is 5.28. The van der Waals surface area contributed by atoms with Gasteiger partial charge in [-0.15, -0.1) is 0 Å². The highest BCUT2D eigenvalue weighted by molar-refractivity contribution is 8.00. The molecule has 2 rings (SSSR count). The molecule has 5 heteroatoms. The molecule has 1 aromatic heterocycles. The van der Waals surface area contributed by atoms with Crippen molar-refractivity contribution in [2.24, 2.45) is 4.99 Å². The molecule has 1 saturated heterocycles. The maximum absolute atomic E-state index is 5.28. The molecular formula is C13H21N3OS. The molecule has 0 saturated carbocycles. The van der Waals surface area contributed by atoms with Crippen molar-refractivity contribution in [3.8, 4) is 0 Å². The summed E-state index contributed by atoms with van der Waals surface area (Å²) in [6.07, 6.45) is 4.28. The summed E-state index contributed by atoms with van der Waals surface area (Å²) in [5.74, 6) is 3.02. The van der Waals surface area contributed by atoms with Gasteiger partial charge >= 0.3 is 0 Å². The lowest BCUT2D eigenvalue weighted by Gasteiger charge is -2.24. The van der Waals surface area contributed by atoms with E-state index in [1.54, 1.807) is 13.3 Å². The lowest BCUT2D eigenvalue weighted by Crippen LogP contribution is -2.43. The predicted molar refractivity (Wildman–Crippen MR) is 77.0 cm³/mol. The molecule has 1 fully saturated rings. The van der Waals surface area contributed by atoms with Crippen LogP contribution >= 0.6 is 11.8 Å². The standard InChI is InChI=1S/C13H21N3OS/c1-13(6-4-8-18-13)10-16-12(14-2)15-9-11-5-3-7-17-11/h3,5,7H,4,6,8-10H2,1-2H3,(H2,14,15,16). The Labute approximate surface area is 113 Å². The van der Waals surface area contributed by atoms with E-state index < -0.39 is 0 Å². The highest BCUT2D eigenvalue weighted by Gasteiger charge is 2.29. The summed E-state index contributed by atoms with van der Waals surface area (Å²) >= 11 is 2.05. The number of nitrogens with one attached hydrogen (secondary N) is 2. The van der Waals surface area contributed by atoms with Crippen molar-refractivity contribution >= 4 is 17.7 Å². The van der Waals surface area contributed by atoms with Crippen molar-refractivity contribution in [2.75, 3.05) is 19.3 Å². The number of hydrogen-bond acceptors (Lipinski definition) is 3. The molecule has 1 aliphatic heterocycles. The minimum absolute atomic E-state index is 0.350. The Morgan fingerprint density at radius 2 is 2.44 bits per heavy atom. The zero-order chi connectivity index (χ0) is 12.8. The molecule has 1 atom stereocenters. The van der Waals surface area contributed by atoms with Crippen LogP contribution in [0.1, 0.15) is 25.5 Å². The summed E-state index contributed by atoms with van der Waals surface area (Å²) in [6, 6.07) is 3.85. The van der Waals surface area contributed by atoms with Crippen LogP contribution in [0.15, 0.2) is 27.8 Å². The third kappa shape index (κ3) is 3.70. The van der Waals surface area contributed by atoms with Gasteiger partial charge in [0.15, 0.2) is 5.96 Å². The van der Waals surface area contributed by atoms with Crippen LogP contribution in [-0.2, 0) is 6.54 Å². The Morgan fingerprint density at radius 3 is 3.06 bits per heavy atom. The lowest BCUT2D eigenvalue weighted by molar-refractivity contribution is 0.500. The molecule has 0 aliphatic carbocycles. The molecule has 0 radical (unpaired) electrons. The number of furan rings is 1. The Balaban J connectivity index is 1.75. The third-order valence-electron chi connectivity index (χ3n) is 3.16. The van der Waals surface area contributed by atoms with Crippen LogP contribution in [0.4, 0.5) is 0 Å². The lowest BCUT2D eigenvalue weighted by atomic mass is 10.1. The van der Waals surface area contributed by atoms with Gasteiger partial charge in [-0.05, 0) is 37.7 Å². The summed E-state index contributed by atoms with van der Waals surface area (Å²) in [5, 5.41) is 6.64. The Morgan fingerprint density at radius 1 is 1.56 bits per heavy atom. The molecule has 0 amide bonds. The SMILES string of the molecule is CN=C(NCc1ccco1)NCC1(C)CCCS1. The largest absolute Gasteiger partial charge is 0.467 e. The van der Waals surface area contributed by atoms with Gasteiger partial charge in [0.1, 0.15) is 5.76 Å². The van der Waals surface area contributed by atoms with E-state index in [4.69, 9.17) is 4.42 Å². The minimum atomic E-state index is 0.350. The topological polar surface area (TPSA) is 49.6 Å². The van der Waals surface area contributed by atoms with Crippen molar-refractivity contribution in [1.29, 1.82) is 0 Å². The van der Waals surface area contributed by atoms with Crippen molar-refractivity contribution in [3.63, 3.8) is 0 Å². The number of nitrogens with zero attached hydrogens (tertiary/aromatic N) is 1. The van der Waals surface area contributed by atoms with Crippen LogP contribution in [0, 0.1) is 0 Å². The van der Waals surface area contributed by atoms with E-state index in [2.05, 4.69) is 22.5 Å². The molecule has 100 valence electrons. The average molecular weight is 267 g/mol. The van der Waals surface area contributed by atoms with E-state index in [1.807, 2.05) is 23.9 Å². The van der Waals surface area contributed by atoms with E-state index in [9.17, 15) is 0 Å². The number of hydrogen-bond donors (Lipinski definition) is 2. The van der Waals surface area contributed by atoms with Gasteiger partial charge in [-0.3, -0.25) is 4.99 Å². The first kappa shape index (κ1) is 13.3. The first-order valence-corrected chi connectivity index (χ1v) is 7.31. The van der Waals surface area contributed by atoms with Crippen molar-refractivity contribution < 1.29 is 4.42 Å². The fraction of sp³-hybridized carbons (Fsp3) is 0.615. The van der Waals surface area contributed by atoms with Crippen LogP contribution in [0.5, 0.6) is 0 Å². The fourth-order valence-corrected chi connectivity index (χ4v) is 3.30. The summed E-state index contributed by atoms with van der Waals surface area (Å²) in [4.78, 5) is 4.22. The summed E-state index contributed by atoms with van der Waals surface area (Å²) in [7, 11) is 1.79. The molecule has 0 aromatic carbocycles. The molecule has 1 aromatic rings. The minimum Gasteiger partial charge on any atom is -0.467 e. The van der Waals surface area contributed by atoms with Gasteiger partial charge in [0.2, 0.25) is 0 Å². The second-order valence-electron chi connectivity index (χ2n) is 4.76. The maximum Gasteiger partial charge on any atom is 0.191 e. The van der Waals surface area contributed by atoms with Crippen LogP contribution in [0.2, 0.25) is 0 Å². The highest BCUT2D eigenvalue weighted by Crippen LogP contribution is 2.36. The number of rotatable bonds is 4. The smallest absolute Gasteiger partial charge is 0.191 e. The predicted octanol–water partition coefficient (Wildman–Crippen LogP) is 2.23. The van der Waals surface area contributed by atoms with Crippen LogP contribution < -0.4 is 10.6 Å². The van der Waals surface area contributed by atoms with Crippen LogP contribution in [0.3, 0.4) is 0 Å².